The van der Waals surface area contributed by atoms with Crippen molar-refractivity contribution in [3.8, 4) is 5.75 Å². The summed E-state index contributed by atoms with van der Waals surface area (Å²) < 4.78 is 10.1. The molecule has 0 bridgehead atoms. The van der Waals surface area contributed by atoms with Crippen molar-refractivity contribution in [3.05, 3.63) is 23.8 Å². The molecule has 0 aliphatic carbocycles. The molecule has 2 aromatic rings. The lowest BCUT2D eigenvalue weighted by Gasteiger charge is -2.02. The van der Waals surface area contributed by atoms with Gasteiger partial charge in [0.2, 0.25) is 0 Å². The SMILES string of the molecule is CCOC(=O)c1c(N)[nH]c2ccc(OC)cc12. The predicted octanol–water partition coefficient (Wildman–Crippen LogP) is 1.94. The van der Waals surface area contributed by atoms with Crippen LogP contribution in [0.2, 0.25) is 0 Å². The van der Waals surface area contributed by atoms with Crippen LogP contribution in [0.1, 0.15) is 17.3 Å². The van der Waals surface area contributed by atoms with E-state index in [2.05, 4.69) is 4.98 Å². The number of carbonyl (C=O) groups excluding carboxylic acids is 1. The second kappa shape index (κ2) is 4.37. The maximum atomic E-state index is 11.8. The predicted molar refractivity (Wildman–Crippen MR) is 65.2 cm³/mol. The minimum absolute atomic E-state index is 0.312. The lowest BCUT2D eigenvalue weighted by molar-refractivity contribution is 0.0530. The topological polar surface area (TPSA) is 77.3 Å². The Bertz CT molecular complexity index is 560. The average Bonchev–Trinajstić information content (AvgIpc) is 2.64. The summed E-state index contributed by atoms with van der Waals surface area (Å²) >= 11 is 0. The Labute approximate surface area is 98.5 Å². The minimum Gasteiger partial charge on any atom is -0.497 e. The van der Waals surface area contributed by atoms with Crippen LogP contribution in [-0.2, 0) is 4.74 Å². The van der Waals surface area contributed by atoms with Gasteiger partial charge in [0, 0.05) is 10.9 Å². The highest BCUT2D eigenvalue weighted by Crippen LogP contribution is 2.28. The molecule has 0 spiro atoms. The van der Waals surface area contributed by atoms with Crippen molar-refractivity contribution in [2.45, 2.75) is 6.92 Å². The van der Waals surface area contributed by atoms with Crippen molar-refractivity contribution in [1.82, 2.24) is 4.98 Å². The lowest BCUT2D eigenvalue weighted by atomic mass is 10.1. The molecule has 1 aromatic carbocycles. The highest BCUT2D eigenvalue weighted by atomic mass is 16.5. The maximum absolute atomic E-state index is 11.8. The number of hydrogen-bond donors (Lipinski definition) is 2. The molecule has 0 saturated carbocycles. The van der Waals surface area contributed by atoms with E-state index in [1.165, 1.54) is 0 Å². The fraction of sp³-hybridized carbons (Fsp3) is 0.250. The number of fused-ring (bicyclic) bond motifs is 1. The van der Waals surface area contributed by atoms with E-state index in [4.69, 9.17) is 15.2 Å². The molecule has 5 nitrogen and oxygen atoms in total. The Morgan fingerprint density at radius 1 is 1.47 bits per heavy atom. The van der Waals surface area contributed by atoms with E-state index in [9.17, 15) is 4.79 Å². The fourth-order valence-electron chi connectivity index (χ4n) is 1.74. The second-order valence-electron chi connectivity index (χ2n) is 3.55. The van der Waals surface area contributed by atoms with Gasteiger partial charge in [0.25, 0.3) is 0 Å². The average molecular weight is 234 g/mol. The number of benzene rings is 1. The molecule has 17 heavy (non-hydrogen) atoms. The summed E-state index contributed by atoms with van der Waals surface area (Å²) in [5.41, 5.74) is 6.92. The van der Waals surface area contributed by atoms with Gasteiger partial charge in [-0.1, -0.05) is 0 Å². The van der Waals surface area contributed by atoms with Crippen LogP contribution in [0, 0.1) is 0 Å². The first kappa shape index (κ1) is 11.3. The number of H-pyrrole nitrogens is 1. The molecule has 3 N–H and O–H groups in total. The molecular formula is C12H14N2O3. The normalized spacial score (nSPS) is 10.5. The number of anilines is 1. The summed E-state index contributed by atoms with van der Waals surface area (Å²) in [5.74, 6) is 0.554. The van der Waals surface area contributed by atoms with Crippen LogP contribution in [0.4, 0.5) is 5.82 Å². The second-order valence-corrected chi connectivity index (χ2v) is 3.55. The molecule has 0 aliphatic heterocycles. The van der Waals surface area contributed by atoms with Crippen LogP contribution in [0.15, 0.2) is 18.2 Å². The summed E-state index contributed by atoms with van der Waals surface area (Å²) in [4.78, 5) is 14.7. The third kappa shape index (κ3) is 1.91. The number of rotatable bonds is 3. The van der Waals surface area contributed by atoms with E-state index in [-0.39, 0.29) is 0 Å². The Kier molecular flexibility index (Phi) is 2.91. The maximum Gasteiger partial charge on any atom is 0.342 e. The Morgan fingerprint density at radius 2 is 2.24 bits per heavy atom. The van der Waals surface area contributed by atoms with Gasteiger partial charge in [-0.15, -0.1) is 0 Å². The number of ether oxygens (including phenoxy) is 2. The number of nitrogen functional groups attached to an aromatic ring is 1. The van der Waals surface area contributed by atoms with Crippen molar-refractivity contribution >= 4 is 22.7 Å². The van der Waals surface area contributed by atoms with Gasteiger partial charge in [-0.25, -0.2) is 4.79 Å². The quantitative estimate of drug-likeness (QED) is 0.795. The van der Waals surface area contributed by atoms with Crippen LogP contribution in [0.25, 0.3) is 10.9 Å². The largest absolute Gasteiger partial charge is 0.497 e. The molecule has 0 amide bonds. The molecule has 0 saturated heterocycles. The Balaban J connectivity index is 2.60. The van der Waals surface area contributed by atoms with Crippen LogP contribution >= 0.6 is 0 Å². The van der Waals surface area contributed by atoms with Gasteiger partial charge >= 0.3 is 5.97 Å². The van der Waals surface area contributed by atoms with Gasteiger partial charge in [0.05, 0.1) is 13.7 Å². The van der Waals surface area contributed by atoms with E-state index in [0.717, 1.165) is 5.52 Å². The Hall–Kier alpha value is -2.17. The molecule has 1 heterocycles. The monoisotopic (exact) mass is 234 g/mol. The Morgan fingerprint density at radius 3 is 2.88 bits per heavy atom. The van der Waals surface area contributed by atoms with Gasteiger partial charge in [0.15, 0.2) is 0 Å². The molecular weight excluding hydrogens is 220 g/mol. The zero-order valence-corrected chi connectivity index (χ0v) is 9.74. The highest BCUT2D eigenvalue weighted by molar-refractivity contribution is 6.09. The van der Waals surface area contributed by atoms with Gasteiger partial charge in [-0.3, -0.25) is 0 Å². The number of carbonyl (C=O) groups is 1. The third-order valence-electron chi connectivity index (χ3n) is 2.51. The van der Waals surface area contributed by atoms with Crippen molar-refractivity contribution in [2.75, 3.05) is 19.5 Å². The lowest BCUT2D eigenvalue weighted by Crippen LogP contribution is -2.06. The first-order valence-electron chi connectivity index (χ1n) is 5.29. The standard InChI is InChI=1S/C12H14N2O3/c1-3-17-12(15)10-8-6-7(16-2)4-5-9(8)14-11(10)13/h4-6,14H,3,13H2,1-2H3. The number of nitrogens with one attached hydrogen (secondary N) is 1. The first-order valence-corrected chi connectivity index (χ1v) is 5.29. The number of aromatic nitrogens is 1. The van der Waals surface area contributed by atoms with Gasteiger partial charge < -0.3 is 20.2 Å². The first-order chi connectivity index (χ1) is 8.17. The third-order valence-corrected chi connectivity index (χ3v) is 2.51. The van der Waals surface area contributed by atoms with Gasteiger partial charge in [-0.05, 0) is 25.1 Å². The molecule has 0 fully saturated rings. The zero-order chi connectivity index (χ0) is 12.4. The molecule has 1 aromatic heterocycles. The van der Waals surface area contributed by atoms with Gasteiger partial charge in [-0.2, -0.15) is 0 Å². The van der Waals surface area contributed by atoms with E-state index in [1.807, 2.05) is 6.07 Å². The smallest absolute Gasteiger partial charge is 0.342 e. The van der Waals surface area contributed by atoms with Crippen LogP contribution in [-0.4, -0.2) is 24.7 Å². The number of nitrogens with two attached hydrogens (primary N) is 1. The van der Waals surface area contributed by atoms with Crippen molar-refractivity contribution in [2.24, 2.45) is 0 Å². The van der Waals surface area contributed by atoms with Gasteiger partial charge in [0.1, 0.15) is 17.1 Å². The number of hydrogen-bond acceptors (Lipinski definition) is 4. The molecule has 2 rings (SSSR count). The van der Waals surface area contributed by atoms with Crippen molar-refractivity contribution in [1.29, 1.82) is 0 Å². The molecule has 0 aliphatic rings. The molecule has 0 unspecified atom stereocenters. The van der Waals surface area contributed by atoms with Crippen molar-refractivity contribution in [3.63, 3.8) is 0 Å². The van der Waals surface area contributed by atoms with Crippen LogP contribution < -0.4 is 10.5 Å². The summed E-state index contributed by atoms with van der Waals surface area (Å²) in [6.07, 6.45) is 0. The number of methoxy groups -OCH3 is 1. The summed E-state index contributed by atoms with van der Waals surface area (Å²) in [7, 11) is 1.57. The van der Waals surface area contributed by atoms with E-state index in [1.54, 1.807) is 26.2 Å². The van der Waals surface area contributed by atoms with E-state index in [0.29, 0.717) is 29.1 Å². The number of aromatic amines is 1. The van der Waals surface area contributed by atoms with E-state index >= 15 is 0 Å². The zero-order valence-electron chi connectivity index (χ0n) is 9.74. The summed E-state index contributed by atoms with van der Waals surface area (Å²) in [6, 6.07) is 5.37. The molecule has 0 atom stereocenters. The minimum atomic E-state index is -0.426. The molecule has 5 heteroatoms. The fourth-order valence-corrected chi connectivity index (χ4v) is 1.74. The van der Waals surface area contributed by atoms with Crippen LogP contribution in [0.3, 0.4) is 0 Å². The summed E-state index contributed by atoms with van der Waals surface area (Å²) in [6.45, 7) is 2.07. The molecule has 90 valence electrons. The molecule has 0 radical (unpaired) electrons. The summed E-state index contributed by atoms with van der Waals surface area (Å²) in [5, 5.41) is 0.709. The van der Waals surface area contributed by atoms with Crippen molar-refractivity contribution < 1.29 is 14.3 Å². The van der Waals surface area contributed by atoms with Crippen LogP contribution in [0.5, 0.6) is 5.75 Å². The highest BCUT2D eigenvalue weighted by Gasteiger charge is 2.18. The van der Waals surface area contributed by atoms with E-state index < -0.39 is 5.97 Å². The number of esters is 1.